The summed E-state index contributed by atoms with van der Waals surface area (Å²) in [6.45, 7) is 0. The Balaban J connectivity index is 2.75. The third-order valence-electron chi connectivity index (χ3n) is 1.22. The van der Waals surface area contributed by atoms with Gasteiger partial charge >= 0.3 is 0 Å². The first-order valence-electron chi connectivity index (χ1n) is 2.98. The normalized spacial score (nSPS) is 9.40. The molecule has 0 unspecified atom stereocenters. The van der Waals surface area contributed by atoms with Crippen molar-refractivity contribution < 1.29 is 0 Å². The second kappa shape index (κ2) is 3.44. The van der Waals surface area contributed by atoms with Gasteiger partial charge in [0.05, 0.1) is 5.69 Å². The minimum Gasteiger partial charge on any atom is -0.296 e. The van der Waals surface area contributed by atoms with E-state index in [2.05, 4.69) is 0 Å². The lowest BCUT2D eigenvalue weighted by atomic mass is 10.3. The summed E-state index contributed by atoms with van der Waals surface area (Å²) in [6.07, 6.45) is 0. The zero-order valence-electron chi connectivity index (χ0n) is 5.50. The Hall–Kier alpha value is -0.730. The number of hydrogen-bond donors (Lipinski definition) is 1. The molecule has 2 N–H and O–H groups in total. The van der Waals surface area contributed by atoms with Crippen LogP contribution in [0.4, 0.5) is 5.69 Å². The Morgan fingerprint density at radius 2 is 1.90 bits per heavy atom. The van der Waals surface area contributed by atoms with Crippen molar-refractivity contribution in [3.8, 4) is 0 Å². The van der Waals surface area contributed by atoms with Gasteiger partial charge in [0, 0.05) is 0 Å². The SMILES string of the molecule is NN(CCl)c1ccccc1. The Labute approximate surface area is 65.2 Å². The van der Waals surface area contributed by atoms with Gasteiger partial charge in [0.2, 0.25) is 0 Å². The predicted molar refractivity (Wildman–Crippen MR) is 43.8 cm³/mol. The highest BCUT2D eigenvalue weighted by Gasteiger charge is 1.94. The van der Waals surface area contributed by atoms with Gasteiger partial charge in [-0.3, -0.25) is 5.01 Å². The first-order chi connectivity index (χ1) is 4.84. The third-order valence-corrected chi connectivity index (χ3v) is 1.47. The van der Waals surface area contributed by atoms with Gasteiger partial charge in [-0.05, 0) is 12.1 Å². The van der Waals surface area contributed by atoms with Crippen molar-refractivity contribution >= 4 is 17.3 Å². The van der Waals surface area contributed by atoms with Crippen molar-refractivity contribution in [1.29, 1.82) is 0 Å². The molecule has 0 atom stereocenters. The number of alkyl halides is 1. The fourth-order valence-corrected chi connectivity index (χ4v) is 0.826. The lowest BCUT2D eigenvalue weighted by molar-refractivity contribution is 0.984. The molecule has 1 aromatic rings. The molecule has 0 saturated heterocycles. The maximum absolute atomic E-state index is 5.50. The molecule has 0 aliphatic heterocycles. The van der Waals surface area contributed by atoms with Gasteiger partial charge in [-0.25, -0.2) is 5.84 Å². The van der Waals surface area contributed by atoms with E-state index in [0.29, 0.717) is 6.00 Å². The van der Waals surface area contributed by atoms with Gasteiger partial charge in [-0.2, -0.15) is 0 Å². The van der Waals surface area contributed by atoms with Crippen molar-refractivity contribution in [2.75, 3.05) is 11.0 Å². The van der Waals surface area contributed by atoms with Crippen LogP contribution < -0.4 is 10.9 Å². The number of para-hydroxylation sites is 1. The number of benzene rings is 1. The molecule has 1 rings (SSSR count). The summed E-state index contributed by atoms with van der Waals surface area (Å²) in [5.74, 6) is 5.50. The summed E-state index contributed by atoms with van der Waals surface area (Å²) in [6, 6.07) is 9.89. The Kier molecular flexibility index (Phi) is 2.54. The second-order valence-corrected chi connectivity index (χ2v) is 2.16. The van der Waals surface area contributed by atoms with Crippen molar-refractivity contribution in [2.24, 2.45) is 5.84 Å². The molecule has 2 nitrogen and oxygen atoms in total. The number of nitrogens with zero attached hydrogens (tertiary/aromatic N) is 1. The van der Waals surface area contributed by atoms with Crippen LogP contribution in [0.25, 0.3) is 0 Å². The molecular weight excluding hydrogens is 148 g/mol. The molecule has 0 aliphatic carbocycles. The van der Waals surface area contributed by atoms with Gasteiger partial charge < -0.3 is 0 Å². The van der Waals surface area contributed by atoms with E-state index < -0.39 is 0 Å². The molecular formula is C7H9ClN2. The predicted octanol–water partition coefficient (Wildman–Crippen LogP) is 1.56. The minimum atomic E-state index is 0.310. The van der Waals surface area contributed by atoms with Gasteiger partial charge in [-0.1, -0.05) is 18.2 Å². The average Bonchev–Trinajstić information content (AvgIpc) is 2.05. The standard InChI is InChI=1S/C7H9ClN2/c8-6-10(9)7-4-2-1-3-5-7/h1-5H,6,9H2. The molecule has 0 aromatic heterocycles. The fourth-order valence-electron chi connectivity index (χ4n) is 0.688. The van der Waals surface area contributed by atoms with E-state index in [0.717, 1.165) is 5.69 Å². The van der Waals surface area contributed by atoms with E-state index in [-0.39, 0.29) is 0 Å². The van der Waals surface area contributed by atoms with E-state index >= 15 is 0 Å². The molecule has 10 heavy (non-hydrogen) atoms. The van der Waals surface area contributed by atoms with E-state index in [9.17, 15) is 0 Å². The smallest absolute Gasteiger partial charge is 0.108 e. The van der Waals surface area contributed by atoms with Gasteiger partial charge in [-0.15, -0.1) is 11.6 Å². The molecule has 0 bridgehead atoms. The molecule has 54 valence electrons. The Morgan fingerprint density at radius 1 is 1.30 bits per heavy atom. The first-order valence-corrected chi connectivity index (χ1v) is 3.51. The minimum absolute atomic E-state index is 0.310. The number of nitrogens with two attached hydrogens (primary N) is 1. The topological polar surface area (TPSA) is 29.3 Å². The third kappa shape index (κ3) is 1.62. The monoisotopic (exact) mass is 156 g/mol. The van der Waals surface area contributed by atoms with Crippen molar-refractivity contribution in [3.63, 3.8) is 0 Å². The number of hydrazine groups is 1. The van der Waals surface area contributed by atoms with Gasteiger partial charge in [0.25, 0.3) is 0 Å². The van der Waals surface area contributed by atoms with Crippen LogP contribution >= 0.6 is 11.6 Å². The molecule has 0 fully saturated rings. The fraction of sp³-hybridized carbons (Fsp3) is 0.143. The van der Waals surface area contributed by atoms with E-state index in [1.54, 1.807) is 0 Å². The van der Waals surface area contributed by atoms with Crippen LogP contribution in [0.3, 0.4) is 0 Å². The molecule has 1 aromatic carbocycles. The van der Waals surface area contributed by atoms with E-state index in [4.69, 9.17) is 17.4 Å². The molecule has 0 amide bonds. The van der Waals surface area contributed by atoms with Gasteiger partial charge in [0.15, 0.2) is 0 Å². The molecule has 3 heteroatoms. The summed E-state index contributed by atoms with van der Waals surface area (Å²) in [7, 11) is 0. The van der Waals surface area contributed by atoms with E-state index in [1.807, 2.05) is 30.3 Å². The highest BCUT2D eigenvalue weighted by Crippen LogP contribution is 2.08. The van der Waals surface area contributed by atoms with Crippen LogP contribution in [0, 0.1) is 0 Å². The largest absolute Gasteiger partial charge is 0.296 e. The van der Waals surface area contributed by atoms with Crippen molar-refractivity contribution in [2.45, 2.75) is 0 Å². The lowest BCUT2D eigenvalue weighted by Gasteiger charge is -2.13. The number of hydrogen-bond acceptors (Lipinski definition) is 2. The molecule has 0 radical (unpaired) electrons. The molecule has 0 spiro atoms. The first kappa shape index (κ1) is 7.38. The maximum atomic E-state index is 5.50. The van der Waals surface area contributed by atoms with Crippen LogP contribution in [0.5, 0.6) is 0 Å². The highest BCUT2D eigenvalue weighted by molar-refractivity contribution is 6.18. The van der Waals surface area contributed by atoms with Crippen molar-refractivity contribution in [1.82, 2.24) is 0 Å². The lowest BCUT2D eigenvalue weighted by Crippen LogP contribution is -2.28. The summed E-state index contributed by atoms with van der Waals surface area (Å²) < 4.78 is 0. The van der Waals surface area contributed by atoms with Crippen LogP contribution in [-0.4, -0.2) is 6.00 Å². The summed E-state index contributed by atoms with van der Waals surface area (Å²) >= 11 is 5.49. The van der Waals surface area contributed by atoms with Gasteiger partial charge in [0.1, 0.15) is 6.00 Å². The van der Waals surface area contributed by atoms with Crippen LogP contribution in [0.2, 0.25) is 0 Å². The zero-order valence-corrected chi connectivity index (χ0v) is 6.25. The molecule has 0 saturated carbocycles. The highest BCUT2D eigenvalue weighted by atomic mass is 35.5. The summed E-state index contributed by atoms with van der Waals surface area (Å²) in [5.41, 5.74) is 0.928. The second-order valence-electron chi connectivity index (χ2n) is 1.92. The van der Waals surface area contributed by atoms with Crippen LogP contribution in [-0.2, 0) is 0 Å². The van der Waals surface area contributed by atoms with E-state index in [1.165, 1.54) is 5.01 Å². The maximum Gasteiger partial charge on any atom is 0.108 e. The quantitative estimate of drug-likeness (QED) is 0.305. The number of halogens is 1. The number of rotatable bonds is 2. The zero-order chi connectivity index (χ0) is 7.40. The molecule has 0 heterocycles. The summed E-state index contributed by atoms with van der Waals surface area (Å²) in [5, 5.41) is 1.47. The van der Waals surface area contributed by atoms with Crippen LogP contribution in [0.15, 0.2) is 30.3 Å². The Bertz CT molecular complexity index is 188. The average molecular weight is 157 g/mol. The molecule has 0 aliphatic rings. The van der Waals surface area contributed by atoms with Crippen LogP contribution in [0.1, 0.15) is 0 Å². The summed E-state index contributed by atoms with van der Waals surface area (Å²) in [4.78, 5) is 0. The number of anilines is 1. The van der Waals surface area contributed by atoms with Crippen molar-refractivity contribution in [3.05, 3.63) is 30.3 Å². The Morgan fingerprint density at radius 3 is 2.40 bits per heavy atom.